The molecule has 6 nitrogen and oxygen atoms in total. The van der Waals surface area contributed by atoms with Crippen LogP contribution in [0.2, 0.25) is 0 Å². The molecule has 1 aromatic rings. The number of carbonyl (C=O) groups is 1. The van der Waals surface area contributed by atoms with Crippen LogP contribution in [0.1, 0.15) is 43.3 Å². The van der Waals surface area contributed by atoms with Gasteiger partial charge in [0.05, 0.1) is 25.4 Å². The van der Waals surface area contributed by atoms with Crippen LogP contribution in [0.3, 0.4) is 0 Å². The number of aromatic nitrogens is 2. The highest BCUT2D eigenvalue weighted by Gasteiger charge is 2.28. The SMILES string of the molecule is Cc1cn(C)c([C@@H]2CN(C(=O)CN3CCCCCC3)CCO2)n1. The van der Waals surface area contributed by atoms with Crippen molar-refractivity contribution in [1.29, 1.82) is 0 Å². The Labute approximate surface area is 138 Å². The Balaban J connectivity index is 1.59. The van der Waals surface area contributed by atoms with Crippen molar-refractivity contribution in [3.63, 3.8) is 0 Å². The summed E-state index contributed by atoms with van der Waals surface area (Å²) in [6.07, 6.45) is 6.90. The van der Waals surface area contributed by atoms with Crippen molar-refractivity contribution in [3.05, 3.63) is 17.7 Å². The van der Waals surface area contributed by atoms with Crippen LogP contribution in [0.4, 0.5) is 0 Å². The lowest BCUT2D eigenvalue weighted by Crippen LogP contribution is -2.47. The third-order valence-electron chi connectivity index (χ3n) is 4.80. The highest BCUT2D eigenvalue weighted by molar-refractivity contribution is 5.78. The van der Waals surface area contributed by atoms with Crippen LogP contribution in [0, 0.1) is 6.92 Å². The first kappa shape index (κ1) is 16.5. The first-order valence-electron chi connectivity index (χ1n) is 8.75. The first-order valence-corrected chi connectivity index (χ1v) is 8.75. The fourth-order valence-electron chi connectivity index (χ4n) is 3.55. The lowest BCUT2D eigenvalue weighted by molar-refractivity contribution is -0.140. The van der Waals surface area contributed by atoms with Gasteiger partial charge >= 0.3 is 0 Å². The van der Waals surface area contributed by atoms with E-state index in [4.69, 9.17) is 4.74 Å². The van der Waals surface area contributed by atoms with Gasteiger partial charge in [0, 0.05) is 19.8 Å². The van der Waals surface area contributed by atoms with Crippen LogP contribution >= 0.6 is 0 Å². The van der Waals surface area contributed by atoms with Gasteiger partial charge in [-0.3, -0.25) is 9.69 Å². The number of rotatable bonds is 3. The van der Waals surface area contributed by atoms with Crippen molar-refractivity contribution in [1.82, 2.24) is 19.4 Å². The standard InChI is InChI=1S/C17H28N4O2/c1-14-11-19(2)17(18-14)15-12-21(9-10-23-15)16(22)13-20-7-5-3-4-6-8-20/h11,15H,3-10,12-13H2,1-2H3/t15-/m0/s1. The van der Waals surface area contributed by atoms with Gasteiger partial charge in [0.2, 0.25) is 5.91 Å². The van der Waals surface area contributed by atoms with Gasteiger partial charge < -0.3 is 14.2 Å². The Morgan fingerprint density at radius 1 is 1.26 bits per heavy atom. The van der Waals surface area contributed by atoms with Crippen LogP contribution < -0.4 is 0 Å². The molecule has 2 aliphatic rings. The smallest absolute Gasteiger partial charge is 0.236 e. The summed E-state index contributed by atoms with van der Waals surface area (Å²) in [7, 11) is 1.98. The van der Waals surface area contributed by atoms with E-state index in [1.54, 1.807) is 0 Å². The molecule has 0 saturated carbocycles. The molecule has 0 spiro atoms. The van der Waals surface area contributed by atoms with Crippen molar-refractivity contribution in [2.75, 3.05) is 39.3 Å². The largest absolute Gasteiger partial charge is 0.367 e. The molecule has 0 aliphatic carbocycles. The average Bonchev–Trinajstić information content (AvgIpc) is 2.74. The van der Waals surface area contributed by atoms with Crippen molar-refractivity contribution >= 4 is 5.91 Å². The molecule has 2 aliphatic heterocycles. The lowest BCUT2D eigenvalue weighted by Gasteiger charge is -2.34. The highest BCUT2D eigenvalue weighted by atomic mass is 16.5. The highest BCUT2D eigenvalue weighted by Crippen LogP contribution is 2.21. The molecule has 0 N–H and O–H groups in total. The third-order valence-corrected chi connectivity index (χ3v) is 4.80. The predicted molar refractivity (Wildman–Crippen MR) is 88.1 cm³/mol. The number of morpholine rings is 1. The zero-order chi connectivity index (χ0) is 16.2. The summed E-state index contributed by atoms with van der Waals surface area (Å²) in [6.45, 7) is 6.52. The fourth-order valence-corrected chi connectivity index (χ4v) is 3.55. The molecule has 0 aromatic carbocycles. The van der Waals surface area contributed by atoms with Crippen LogP contribution in [0.5, 0.6) is 0 Å². The van der Waals surface area contributed by atoms with Crippen molar-refractivity contribution < 1.29 is 9.53 Å². The normalized spacial score (nSPS) is 23.7. The van der Waals surface area contributed by atoms with Gasteiger partial charge in [-0.15, -0.1) is 0 Å². The number of aryl methyl sites for hydroxylation is 2. The summed E-state index contributed by atoms with van der Waals surface area (Å²) >= 11 is 0. The van der Waals surface area contributed by atoms with Gasteiger partial charge in [-0.1, -0.05) is 12.8 Å². The molecule has 23 heavy (non-hydrogen) atoms. The number of hydrogen-bond acceptors (Lipinski definition) is 4. The second-order valence-electron chi connectivity index (χ2n) is 6.74. The Bertz CT molecular complexity index is 535. The van der Waals surface area contributed by atoms with Gasteiger partial charge in [-0.25, -0.2) is 4.98 Å². The number of imidazole rings is 1. The molecule has 2 saturated heterocycles. The number of hydrogen-bond donors (Lipinski definition) is 0. The monoisotopic (exact) mass is 320 g/mol. The second-order valence-corrected chi connectivity index (χ2v) is 6.74. The summed E-state index contributed by atoms with van der Waals surface area (Å²) in [5.41, 5.74) is 0.985. The van der Waals surface area contributed by atoms with Crippen molar-refractivity contribution in [3.8, 4) is 0 Å². The Morgan fingerprint density at radius 3 is 2.65 bits per heavy atom. The van der Waals surface area contributed by atoms with E-state index in [9.17, 15) is 4.79 Å². The average molecular weight is 320 g/mol. The van der Waals surface area contributed by atoms with E-state index >= 15 is 0 Å². The maximum Gasteiger partial charge on any atom is 0.236 e. The van der Waals surface area contributed by atoms with Gasteiger partial charge in [0.15, 0.2) is 0 Å². The van der Waals surface area contributed by atoms with Crippen LogP contribution in [-0.4, -0.2) is 64.6 Å². The maximum atomic E-state index is 12.6. The minimum Gasteiger partial charge on any atom is -0.367 e. The van der Waals surface area contributed by atoms with Crippen molar-refractivity contribution in [2.45, 2.75) is 38.7 Å². The second kappa shape index (κ2) is 7.45. The van der Waals surface area contributed by atoms with Gasteiger partial charge in [-0.05, 0) is 32.9 Å². The van der Waals surface area contributed by atoms with E-state index in [-0.39, 0.29) is 12.0 Å². The van der Waals surface area contributed by atoms with E-state index in [1.807, 2.05) is 29.6 Å². The Morgan fingerprint density at radius 2 is 2.00 bits per heavy atom. The summed E-state index contributed by atoms with van der Waals surface area (Å²) in [5, 5.41) is 0. The molecule has 2 fully saturated rings. The van der Waals surface area contributed by atoms with Crippen molar-refractivity contribution in [2.24, 2.45) is 7.05 Å². The van der Waals surface area contributed by atoms with E-state index in [1.165, 1.54) is 25.7 Å². The molecule has 3 heterocycles. The molecular weight excluding hydrogens is 292 g/mol. The molecule has 1 aromatic heterocycles. The number of ether oxygens (including phenoxy) is 1. The number of amides is 1. The zero-order valence-electron chi connectivity index (χ0n) is 14.3. The fraction of sp³-hybridized carbons (Fsp3) is 0.765. The van der Waals surface area contributed by atoms with Crippen LogP contribution in [-0.2, 0) is 16.6 Å². The summed E-state index contributed by atoms with van der Waals surface area (Å²) < 4.78 is 7.86. The lowest BCUT2D eigenvalue weighted by atomic mass is 10.2. The molecule has 1 amide bonds. The quantitative estimate of drug-likeness (QED) is 0.847. The minimum atomic E-state index is -0.115. The zero-order valence-corrected chi connectivity index (χ0v) is 14.3. The number of carbonyl (C=O) groups excluding carboxylic acids is 1. The molecule has 0 unspecified atom stereocenters. The minimum absolute atomic E-state index is 0.115. The Kier molecular flexibility index (Phi) is 5.33. The summed E-state index contributed by atoms with van der Waals surface area (Å²) in [4.78, 5) is 21.5. The van der Waals surface area contributed by atoms with Crippen LogP contribution in [0.15, 0.2) is 6.20 Å². The third kappa shape index (κ3) is 4.12. The predicted octanol–water partition coefficient (Wildman–Crippen LogP) is 1.50. The molecule has 128 valence electrons. The van der Waals surface area contributed by atoms with Crippen LogP contribution in [0.25, 0.3) is 0 Å². The topological polar surface area (TPSA) is 50.6 Å². The molecular formula is C17H28N4O2. The number of likely N-dealkylation sites (tertiary alicyclic amines) is 1. The molecule has 6 heteroatoms. The van der Waals surface area contributed by atoms with E-state index in [0.717, 1.165) is 24.6 Å². The molecule has 3 rings (SSSR count). The maximum absolute atomic E-state index is 12.6. The van der Waals surface area contributed by atoms with E-state index in [0.29, 0.717) is 26.2 Å². The van der Waals surface area contributed by atoms with Gasteiger partial charge in [0.25, 0.3) is 0 Å². The van der Waals surface area contributed by atoms with Gasteiger partial charge in [-0.2, -0.15) is 0 Å². The number of nitrogens with zero attached hydrogens (tertiary/aromatic N) is 4. The van der Waals surface area contributed by atoms with E-state index < -0.39 is 0 Å². The molecule has 0 bridgehead atoms. The Hall–Kier alpha value is -1.40. The first-order chi connectivity index (χ1) is 11.1. The summed E-state index contributed by atoms with van der Waals surface area (Å²) in [5.74, 6) is 1.14. The van der Waals surface area contributed by atoms with E-state index in [2.05, 4.69) is 9.88 Å². The molecule has 1 atom stereocenters. The summed E-state index contributed by atoms with van der Waals surface area (Å²) in [6, 6.07) is 0. The molecule has 0 radical (unpaired) electrons. The van der Waals surface area contributed by atoms with Gasteiger partial charge in [0.1, 0.15) is 11.9 Å².